The highest BCUT2D eigenvalue weighted by Crippen LogP contribution is 2.29. The quantitative estimate of drug-likeness (QED) is 0.857. The third-order valence-corrected chi connectivity index (χ3v) is 6.07. The molecule has 2 fully saturated rings. The fourth-order valence-corrected chi connectivity index (χ4v) is 4.28. The predicted molar refractivity (Wildman–Crippen MR) is 101 cm³/mol. The van der Waals surface area contributed by atoms with Crippen LogP contribution in [-0.2, 0) is 11.3 Å². The van der Waals surface area contributed by atoms with Crippen molar-refractivity contribution in [3.8, 4) is 5.75 Å². The molecule has 1 saturated heterocycles. The Hall–Kier alpha value is -1.26. The number of halogens is 1. The minimum atomic E-state index is 0.137. The number of phenols is 1. The fraction of sp³-hybridized carbons (Fsp3) is 0.650. The molecule has 4 nitrogen and oxygen atoms in total. The first-order chi connectivity index (χ1) is 12.1. The first-order valence-electron chi connectivity index (χ1n) is 9.60. The van der Waals surface area contributed by atoms with Crippen LogP contribution in [-0.4, -0.2) is 47.0 Å². The van der Waals surface area contributed by atoms with E-state index in [0.29, 0.717) is 17.4 Å². The standard InChI is InChI=1S/C20H29ClN2O2/c21-20-17(7-3-8-18(20)24)15-22-11-4-12-23(14-13-22)19(25)10-9-16-5-1-2-6-16/h3,7-8,16,24H,1-2,4-6,9-15H2. The van der Waals surface area contributed by atoms with Gasteiger partial charge in [-0.3, -0.25) is 9.69 Å². The Morgan fingerprint density at radius 2 is 1.92 bits per heavy atom. The maximum atomic E-state index is 12.5. The second kappa shape index (κ2) is 8.91. The molecule has 1 amide bonds. The number of aromatic hydroxyl groups is 1. The van der Waals surface area contributed by atoms with Crippen molar-refractivity contribution in [2.45, 2.75) is 51.5 Å². The molecular formula is C20H29ClN2O2. The van der Waals surface area contributed by atoms with Crippen LogP contribution < -0.4 is 0 Å². The van der Waals surface area contributed by atoms with E-state index in [2.05, 4.69) is 4.90 Å². The van der Waals surface area contributed by atoms with E-state index in [9.17, 15) is 9.90 Å². The number of carbonyl (C=O) groups is 1. The van der Waals surface area contributed by atoms with E-state index >= 15 is 0 Å². The van der Waals surface area contributed by atoms with Crippen molar-refractivity contribution in [1.29, 1.82) is 0 Å². The van der Waals surface area contributed by atoms with E-state index in [-0.39, 0.29) is 5.75 Å². The van der Waals surface area contributed by atoms with Gasteiger partial charge in [0, 0.05) is 39.1 Å². The molecule has 0 spiro atoms. The first kappa shape index (κ1) is 18.5. The zero-order valence-electron chi connectivity index (χ0n) is 14.9. The second-order valence-electron chi connectivity index (χ2n) is 7.45. The van der Waals surface area contributed by atoms with Crippen LogP contribution in [0.3, 0.4) is 0 Å². The highest BCUT2D eigenvalue weighted by Gasteiger charge is 2.22. The molecular weight excluding hydrogens is 336 g/mol. The average Bonchev–Trinajstić information content (AvgIpc) is 3.02. The maximum absolute atomic E-state index is 12.5. The van der Waals surface area contributed by atoms with Gasteiger partial charge in [0.2, 0.25) is 5.91 Å². The van der Waals surface area contributed by atoms with Gasteiger partial charge in [-0.2, -0.15) is 0 Å². The first-order valence-corrected chi connectivity index (χ1v) is 9.98. The lowest BCUT2D eigenvalue weighted by molar-refractivity contribution is -0.131. The SMILES string of the molecule is O=C(CCC1CCCC1)N1CCCN(Cc2cccc(O)c2Cl)CC1. The van der Waals surface area contributed by atoms with Gasteiger partial charge in [-0.15, -0.1) is 0 Å². The number of hydrogen-bond donors (Lipinski definition) is 1. The Balaban J connectivity index is 1.48. The summed E-state index contributed by atoms with van der Waals surface area (Å²) in [6.45, 7) is 4.19. The molecule has 1 aromatic rings. The molecule has 1 aliphatic carbocycles. The molecule has 0 unspecified atom stereocenters. The van der Waals surface area contributed by atoms with Gasteiger partial charge in [0.25, 0.3) is 0 Å². The van der Waals surface area contributed by atoms with Gasteiger partial charge in [-0.1, -0.05) is 49.4 Å². The maximum Gasteiger partial charge on any atom is 0.222 e. The predicted octanol–water partition coefficient (Wildman–Crippen LogP) is 4.05. The van der Waals surface area contributed by atoms with Gasteiger partial charge >= 0.3 is 0 Å². The van der Waals surface area contributed by atoms with Gasteiger partial charge in [0.15, 0.2) is 0 Å². The molecule has 25 heavy (non-hydrogen) atoms. The summed E-state index contributed by atoms with van der Waals surface area (Å²) in [7, 11) is 0. The van der Waals surface area contributed by atoms with Crippen molar-refractivity contribution in [3.05, 3.63) is 28.8 Å². The van der Waals surface area contributed by atoms with Gasteiger partial charge in [0.1, 0.15) is 5.75 Å². The lowest BCUT2D eigenvalue weighted by Crippen LogP contribution is -2.35. The third kappa shape index (κ3) is 5.11. The van der Waals surface area contributed by atoms with Crippen LogP contribution in [0.5, 0.6) is 5.75 Å². The summed E-state index contributed by atoms with van der Waals surface area (Å²) < 4.78 is 0. The van der Waals surface area contributed by atoms with Crippen molar-refractivity contribution in [2.24, 2.45) is 5.92 Å². The Kier molecular flexibility index (Phi) is 6.60. The lowest BCUT2D eigenvalue weighted by Gasteiger charge is -2.23. The zero-order chi connectivity index (χ0) is 17.6. The highest BCUT2D eigenvalue weighted by molar-refractivity contribution is 6.32. The molecule has 0 aromatic heterocycles. The van der Waals surface area contributed by atoms with Crippen molar-refractivity contribution in [3.63, 3.8) is 0 Å². The van der Waals surface area contributed by atoms with Crippen LogP contribution in [0.1, 0.15) is 50.5 Å². The molecule has 2 aliphatic rings. The largest absolute Gasteiger partial charge is 0.506 e. The summed E-state index contributed by atoms with van der Waals surface area (Å²) in [4.78, 5) is 16.9. The van der Waals surface area contributed by atoms with Crippen LogP contribution in [0.4, 0.5) is 0 Å². The Labute approximate surface area is 155 Å². The Morgan fingerprint density at radius 1 is 1.12 bits per heavy atom. The zero-order valence-corrected chi connectivity index (χ0v) is 15.7. The summed E-state index contributed by atoms with van der Waals surface area (Å²) in [5.74, 6) is 1.24. The number of carbonyl (C=O) groups excluding carboxylic acids is 1. The topological polar surface area (TPSA) is 43.8 Å². The minimum Gasteiger partial charge on any atom is -0.506 e. The van der Waals surface area contributed by atoms with Crippen molar-refractivity contribution in [2.75, 3.05) is 26.2 Å². The van der Waals surface area contributed by atoms with E-state index in [1.807, 2.05) is 17.0 Å². The van der Waals surface area contributed by atoms with E-state index in [0.717, 1.165) is 57.0 Å². The molecule has 138 valence electrons. The van der Waals surface area contributed by atoms with Gasteiger partial charge < -0.3 is 10.0 Å². The summed E-state index contributed by atoms with van der Waals surface area (Å²) in [6, 6.07) is 5.39. The van der Waals surface area contributed by atoms with E-state index in [1.165, 1.54) is 25.7 Å². The summed E-state index contributed by atoms with van der Waals surface area (Å²) in [6.07, 6.45) is 8.08. The monoisotopic (exact) mass is 364 g/mol. The molecule has 0 atom stereocenters. The number of nitrogens with zero attached hydrogens (tertiary/aromatic N) is 2. The minimum absolute atomic E-state index is 0.137. The molecule has 1 saturated carbocycles. The molecule has 1 aromatic carbocycles. The van der Waals surface area contributed by atoms with Crippen molar-refractivity contribution < 1.29 is 9.90 Å². The second-order valence-corrected chi connectivity index (χ2v) is 7.83. The van der Waals surface area contributed by atoms with E-state index < -0.39 is 0 Å². The summed E-state index contributed by atoms with van der Waals surface area (Å²) in [5.41, 5.74) is 0.947. The van der Waals surface area contributed by atoms with Crippen LogP contribution in [0.25, 0.3) is 0 Å². The molecule has 1 aliphatic heterocycles. The van der Waals surface area contributed by atoms with Crippen LogP contribution in [0.2, 0.25) is 5.02 Å². The van der Waals surface area contributed by atoms with E-state index in [4.69, 9.17) is 11.6 Å². The normalized spacial score (nSPS) is 20.0. The van der Waals surface area contributed by atoms with Crippen LogP contribution in [0, 0.1) is 5.92 Å². The average molecular weight is 365 g/mol. The Bertz CT molecular complexity index is 587. The highest BCUT2D eigenvalue weighted by atomic mass is 35.5. The molecule has 1 N–H and O–H groups in total. The molecule has 0 bridgehead atoms. The number of phenolic OH excluding ortho intramolecular Hbond substituents is 1. The van der Waals surface area contributed by atoms with Gasteiger partial charge in [-0.05, 0) is 30.4 Å². The number of benzene rings is 1. The number of hydrogen-bond acceptors (Lipinski definition) is 3. The molecule has 3 rings (SSSR count). The van der Waals surface area contributed by atoms with Crippen molar-refractivity contribution in [1.82, 2.24) is 9.80 Å². The van der Waals surface area contributed by atoms with Crippen molar-refractivity contribution >= 4 is 17.5 Å². The number of amides is 1. The summed E-state index contributed by atoms with van der Waals surface area (Å²) in [5, 5.41) is 10.2. The summed E-state index contributed by atoms with van der Waals surface area (Å²) >= 11 is 6.19. The molecule has 1 heterocycles. The molecule has 0 radical (unpaired) electrons. The van der Waals surface area contributed by atoms with Gasteiger partial charge in [-0.25, -0.2) is 0 Å². The third-order valence-electron chi connectivity index (χ3n) is 5.63. The van der Waals surface area contributed by atoms with E-state index in [1.54, 1.807) is 6.07 Å². The smallest absolute Gasteiger partial charge is 0.222 e. The fourth-order valence-electron chi connectivity index (χ4n) is 4.09. The van der Waals surface area contributed by atoms with Gasteiger partial charge in [0.05, 0.1) is 5.02 Å². The number of rotatable bonds is 5. The Morgan fingerprint density at radius 3 is 2.72 bits per heavy atom. The lowest BCUT2D eigenvalue weighted by atomic mass is 10.0. The molecule has 5 heteroatoms. The van der Waals surface area contributed by atoms with Crippen LogP contribution in [0.15, 0.2) is 18.2 Å². The van der Waals surface area contributed by atoms with Crippen LogP contribution >= 0.6 is 11.6 Å².